The first-order valence-electron chi connectivity index (χ1n) is 4.31. The van der Waals surface area contributed by atoms with E-state index in [-0.39, 0.29) is 0 Å². The van der Waals surface area contributed by atoms with Gasteiger partial charge in [-0.1, -0.05) is 32.3 Å². The lowest BCUT2D eigenvalue weighted by atomic mass is 10.1. The minimum atomic E-state index is -2.45. The van der Waals surface area contributed by atoms with E-state index in [2.05, 4.69) is 6.92 Å². The third kappa shape index (κ3) is 7.66. The smallest absolute Gasteiger partial charge is 0.257 e. The molecule has 72 valence electrons. The van der Waals surface area contributed by atoms with Crippen LogP contribution in [0, 0.1) is 0 Å². The fraction of sp³-hybridized carbons (Fsp3) is 0.778. The quantitative estimate of drug-likeness (QED) is 0.489. The van der Waals surface area contributed by atoms with Crippen LogP contribution in [0.1, 0.15) is 32.6 Å². The van der Waals surface area contributed by atoms with Gasteiger partial charge in [-0.15, -0.1) is 0 Å². The second kappa shape index (κ2) is 7.22. The first-order valence-corrected chi connectivity index (χ1v) is 4.31. The number of hydrogen-bond donors (Lipinski definition) is 1. The van der Waals surface area contributed by atoms with Gasteiger partial charge in [-0.05, 0) is 12.5 Å². The van der Waals surface area contributed by atoms with Gasteiger partial charge in [-0.25, -0.2) is 8.78 Å². The van der Waals surface area contributed by atoms with Gasteiger partial charge < -0.3 is 5.11 Å². The predicted octanol–water partition coefficient (Wildman–Crippen LogP) is 2.75. The Balaban J connectivity index is 3.38. The topological polar surface area (TPSA) is 20.2 Å². The highest BCUT2D eigenvalue weighted by Crippen LogP contribution is 2.05. The van der Waals surface area contributed by atoms with Gasteiger partial charge in [-0.3, -0.25) is 0 Å². The summed E-state index contributed by atoms with van der Waals surface area (Å²) in [6.45, 7) is 2.06. The van der Waals surface area contributed by atoms with Crippen molar-refractivity contribution in [2.75, 3.05) is 0 Å². The lowest BCUT2D eigenvalue weighted by molar-refractivity contribution is 0.188. The summed E-state index contributed by atoms with van der Waals surface area (Å²) in [6.07, 6.45) is 2.33. The van der Waals surface area contributed by atoms with Crippen molar-refractivity contribution in [2.24, 2.45) is 0 Å². The molecule has 1 nitrogen and oxygen atoms in total. The summed E-state index contributed by atoms with van der Waals surface area (Å²) in [6, 6.07) is 0. The molecule has 0 fully saturated rings. The van der Waals surface area contributed by atoms with Crippen LogP contribution in [-0.2, 0) is 0 Å². The Hall–Kier alpha value is -0.440. The van der Waals surface area contributed by atoms with E-state index in [4.69, 9.17) is 5.11 Å². The van der Waals surface area contributed by atoms with Crippen LogP contribution in [0.2, 0.25) is 0 Å². The van der Waals surface area contributed by atoms with Gasteiger partial charge in [0.25, 0.3) is 6.43 Å². The molecule has 0 saturated heterocycles. The first kappa shape index (κ1) is 11.6. The molecular formula is C9H16F2O. The second-order valence-electron chi connectivity index (χ2n) is 2.78. The summed E-state index contributed by atoms with van der Waals surface area (Å²) in [5.74, 6) is 0. The molecule has 0 rings (SSSR count). The van der Waals surface area contributed by atoms with Crippen molar-refractivity contribution in [1.82, 2.24) is 0 Å². The van der Waals surface area contributed by atoms with Crippen LogP contribution in [0.4, 0.5) is 8.78 Å². The van der Waals surface area contributed by atoms with Gasteiger partial charge in [0, 0.05) is 0 Å². The highest BCUT2D eigenvalue weighted by atomic mass is 19.3. The minimum absolute atomic E-state index is 0.580. The maximum absolute atomic E-state index is 11.6. The molecule has 0 aliphatic heterocycles. The molecule has 3 heteroatoms. The molecule has 0 saturated carbocycles. The van der Waals surface area contributed by atoms with Crippen LogP contribution in [-0.4, -0.2) is 17.6 Å². The van der Waals surface area contributed by atoms with Crippen LogP contribution < -0.4 is 0 Å². The fourth-order valence-corrected chi connectivity index (χ4v) is 0.912. The molecule has 0 aliphatic carbocycles. The summed E-state index contributed by atoms with van der Waals surface area (Å²) in [5.41, 5.74) is 0. The highest BCUT2D eigenvalue weighted by molar-refractivity contribution is 4.90. The zero-order chi connectivity index (χ0) is 9.40. The van der Waals surface area contributed by atoms with E-state index in [0.717, 1.165) is 25.3 Å². The summed E-state index contributed by atoms with van der Waals surface area (Å²) in [5, 5.41) is 9.10. The molecule has 0 aliphatic rings. The molecule has 0 radical (unpaired) electrons. The maximum Gasteiger partial charge on any atom is 0.257 e. The van der Waals surface area contributed by atoms with E-state index in [1.807, 2.05) is 0 Å². The summed E-state index contributed by atoms with van der Waals surface area (Å²) in [7, 11) is 0. The summed E-state index contributed by atoms with van der Waals surface area (Å²) < 4.78 is 23.2. The Morgan fingerprint density at radius 1 is 1.25 bits per heavy atom. The van der Waals surface area contributed by atoms with Crippen molar-refractivity contribution in [3.8, 4) is 0 Å². The number of halogens is 2. The lowest BCUT2D eigenvalue weighted by Crippen LogP contribution is -2.02. The zero-order valence-electron chi connectivity index (χ0n) is 7.34. The van der Waals surface area contributed by atoms with Crippen molar-refractivity contribution in [1.29, 1.82) is 0 Å². The van der Waals surface area contributed by atoms with Crippen LogP contribution in [0.3, 0.4) is 0 Å². The van der Waals surface area contributed by atoms with E-state index < -0.39 is 12.5 Å². The number of hydrogen-bond acceptors (Lipinski definition) is 1. The second-order valence-corrected chi connectivity index (χ2v) is 2.78. The van der Waals surface area contributed by atoms with Gasteiger partial charge in [-0.2, -0.15) is 0 Å². The molecule has 1 atom stereocenters. The van der Waals surface area contributed by atoms with Gasteiger partial charge in [0.2, 0.25) is 0 Å². The minimum Gasteiger partial charge on any atom is -0.389 e. The third-order valence-electron chi connectivity index (χ3n) is 1.58. The Labute approximate surface area is 72.1 Å². The molecule has 0 amide bonds. The Morgan fingerprint density at radius 2 is 1.92 bits per heavy atom. The number of unbranched alkanes of at least 4 members (excludes halogenated alkanes) is 2. The number of aliphatic hydroxyl groups is 1. The lowest BCUT2D eigenvalue weighted by Gasteiger charge is -2.03. The average molecular weight is 178 g/mol. The Kier molecular flexibility index (Phi) is 6.96. The van der Waals surface area contributed by atoms with E-state index in [1.54, 1.807) is 0 Å². The fourth-order valence-electron chi connectivity index (χ4n) is 0.912. The van der Waals surface area contributed by atoms with Gasteiger partial charge in [0.05, 0.1) is 6.10 Å². The normalized spacial score (nSPS) is 14.4. The van der Waals surface area contributed by atoms with E-state index in [1.165, 1.54) is 6.08 Å². The monoisotopic (exact) mass is 178 g/mol. The average Bonchev–Trinajstić information content (AvgIpc) is 2.01. The number of alkyl halides is 2. The number of rotatable bonds is 6. The molecular weight excluding hydrogens is 162 g/mol. The van der Waals surface area contributed by atoms with Gasteiger partial charge in [0.15, 0.2) is 0 Å². The number of allylic oxidation sites excluding steroid dienone is 1. The Bertz CT molecular complexity index is 124. The molecule has 0 bridgehead atoms. The largest absolute Gasteiger partial charge is 0.389 e. The first-order chi connectivity index (χ1) is 5.66. The predicted molar refractivity (Wildman–Crippen MR) is 45.3 cm³/mol. The van der Waals surface area contributed by atoms with Crippen molar-refractivity contribution in [2.45, 2.75) is 45.1 Å². The molecule has 0 aromatic carbocycles. The SMILES string of the molecule is CCCCC[C@@H](O)/C=C/C(F)F. The van der Waals surface area contributed by atoms with Crippen molar-refractivity contribution < 1.29 is 13.9 Å². The van der Waals surface area contributed by atoms with Crippen molar-refractivity contribution in [3.63, 3.8) is 0 Å². The maximum atomic E-state index is 11.6. The van der Waals surface area contributed by atoms with E-state index in [0.29, 0.717) is 6.42 Å². The third-order valence-corrected chi connectivity index (χ3v) is 1.58. The van der Waals surface area contributed by atoms with Crippen LogP contribution in [0.25, 0.3) is 0 Å². The van der Waals surface area contributed by atoms with E-state index in [9.17, 15) is 8.78 Å². The van der Waals surface area contributed by atoms with Crippen molar-refractivity contribution in [3.05, 3.63) is 12.2 Å². The zero-order valence-corrected chi connectivity index (χ0v) is 7.34. The molecule has 0 heterocycles. The molecule has 0 spiro atoms. The molecule has 0 aromatic rings. The highest BCUT2D eigenvalue weighted by Gasteiger charge is 2.00. The summed E-state index contributed by atoms with van der Waals surface area (Å²) >= 11 is 0. The van der Waals surface area contributed by atoms with Crippen LogP contribution in [0.5, 0.6) is 0 Å². The Morgan fingerprint density at radius 3 is 2.42 bits per heavy atom. The van der Waals surface area contributed by atoms with Crippen LogP contribution in [0.15, 0.2) is 12.2 Å². The molecule has 0 unspecified atom stereocenters. The van der Waals surface area contributed by atoms with Gasteiger partial charge in [0.1, 0.15) is 0 Å². The molecule has 0 aromatic heterocycles. The van der Waals surface area contributed by atoms with Gasteiger partial charge >= 0.3 is 0 Å². The summed E-state index contributed by atoms with van der Waals surface area (Å²) in [4.78, 5) is 0. The van der Waals surface area contributed by atoms with E-state index >= 15 is 0 Å². The molecule has 1 N–H and O–H groups in total. The number of aliphatic hydroxyl groups excluding tert-OH is 1. The van der Waals surface area contributed by atoms with Crippen LogP contribution >= 0.6 is 0 Å². The standard InChI is InChI=1S/C9H16F2O/c1-2-3-4-5-8(12)6-7-9(10)11/h6-9,12H,2-5H2,1H3/b7-6+/t8-/m1/s1. The molecule has 12 heavy (non-hydrogen) atoms. The van der Waals surface area contributed by atoms with Crippen molar-refractivity contribution >= 4 is 0 Å².